The van der Waals surface area contributed by atoms with Crippen molar-refractivity contribution in [3.8, 4) is 17.0 Å². The first-order chi connectivity index (χ1) is 14.1. The number of nitrogens with one attached hydrogen (secondary N) is 2. The third-order valence-corrected chi connectivity index (χ3v) is 8.16. The van der Waals surface area contributed by atoms with Crippen LogP contribution in [0.1, 0.15) is 61.5 Å². The normalized spacial score (nSPS) is 32.7. The molecule has 2 N–H and O–H groups in total. The Hall–Kier alpha value is -2.30. The highest BCUT2D eigenvalue weighted by molar-refractivity contribution is 5.93. The van der Waals surface area contributed by atoms with E-state index in [1.807, 2.05) is 18.2 Å². The molecule has 2 heterocycles. The van der Waals surface area contributed by atoms with Crippen LogP contribution in [0, 0.1) is 23.2 Å². The number of aromatic amines is 1. The summed E-state index contributed by atoms with van der Waals surface area (Å²) in [6.45, 7) is 2.97. The molecule has 0 spiro atoms. The summed E-state index contributed by atoms with van der Waals surface area (Å²) < 4.78 is 5.58. The zero-order valence-corrected chi connectivity index (χ0v) is 17.0. The molecule has 152 valence electrons. The Labute approximate surface area is 171 Å². The van der Waals surface area contributed by atoms with Crippen molar-refractivity contribution < 1.29 is 9.53 Å². The van der Waals surface area contributed by atoms with Gasteiger partial charge in [0.15, 0.2) is 0 Å². The standard InChI is InChI=1S/C24H29N3O2/c1-14(24-11-15-6-16(12-24)8-17(7-15)13-24)25-23(28)21-10-20(26-27-21)18-2-3-22-19(9-18)4-5-29-22/h2-3,9-10,14-17H,4-8,11-13H2,1H3,(H,25,28)(H,26,27). The summed E-state index contributed by atoms with van der Waals surface area (Å²) in [6.07, 6.45) is 9.11. The van der Waals surface area contributed by atoms with E-state index in [1.54, 1.807) is 0 Å². The number of H-pyrrole nitrogens is 1. The lowest BCUT2D eigenvalue weighted by Crippen LogP contribution is -2.55. The molecule has 5 nitrogen and oxygen atoms in total. The molecule has 2 aromatic rings. The van der Waals surface area contributed by atoms with Crippen LogP contribution >= 0.6 is 0 Å². The molecule has 1 aliphatic heterocycles. The minimum absolute atomic E-state index is 0.0310. The average molecular weight is 392 g/mol. The molecule has 5 aliphatic rings. The highest BCUT2D eigenvalue weighted by Gasteiger charge is 2.53. The van der Waals surface area contributed by atoms with Crippen molar-refractivity contribution in [2.45, 2.75) is 57.9 Å². The van der Waals surface area contributed by atoms with Crippen LogP contribution in [0.3, 0.4) is 0 Å². The van der Waals surface area contributed by atoms with Gasteiger partial charge in [0.1, 0.15) is 11.4 Å². The van der Waals surface area contributed by atoms with Gasteiger partial charge in [0, 0.05) is 18.0 Å². The first-order valence-electron chi connectivity index (χ1n) is 11.2. The average Bonchev–Trinajstić information content (AvgIpc) is 3.36. The molecule has 4 saturated carbocycles. The van der Waals surface area contributed by atoms with Gasteiger partial charge < -0.3 is 10.1 Å². The monoisotopic (exact) mass is 391 g/mol. The number of aromatic nitrogens is 2. The first-order valence-corrected chi connectivity index (χ1v) is 11.2. The van der Waals surface area contributed by atoms with Crippen LogP contribution in [-0.4, -0.2) is 28.8 Å². The summed E-state index contributed by atoms with van der Waals surface area (Å²) in [5.41, 5.74) is 3.92. The number of ether oxygens (including phenoxy) is 1. The number of hydrogen-bond donors (Lipinski definition) is 2. The van der Waals surface area contributed by atoms with Gasteiger partial charge in [-0.15, -0.1) is 0 Å². The van der Waals surface area contributed by atoms with Crippen molar-refractivity contribution in [1.82, 2.24) is 15.5 Å². The summed E-state index contributed by atoms with van der Waals surface area (Å²) in [5.74, 6) is 3.61. The predicted molar refractivity (Wildman–Crippen MR) is 111 cm³/mol. The Kier molecular flexibility index (Phi) is 3.84. The lowest BCUT2D eigenvalue weighted by Gasteiger charge is -2.59. The Balaban J connectivity index is 1.18. The molecule has 29 heavy (non-hydrogen) atoms. The van der Waals surface area contributed by atoms with E-state index in [9.17, 15) is 4.79 Å². The Morgan fingerprint density at radius 3 is 2.62 bits per heavy atom. The fourth-order valence-corrected chi connectivity index (χ4v) is 7.07. The molecule has 1 amide bonds. The van der Waals surface area contributed by atoms with Gasteiger partial charge >= 0.3 is 0 Å². The summed E-state index contributed by atoms with van der Waals surface area (Å²) in [7, 11) is 0. The van der Waals surface area contributed by atoms with Crippen LogP contribution in [-0.2, 0) is 6.42 Å². The van der Waals surface area contributed by atoms with Gasteiger partial charge in [-0.25, -0.2) is 0 Å². The largest absolute Gasteiger partial charge is 0.493 e. The SMILES string of the molecule is CC(NC(=O)c1cc(-c2ccc3c(c2)CCO3)n[nH]1)C12CC3CC(CC(C3)C1)C2. The van der Waals surface area contributed by atoms with Gasteiger partial charge in [-0.05, 0) is 98.4 Å². The molecule has 4 bridgehead atoms. The van der Waals surface area contributed by atoms with Crippen molar-refractivity contribution >= 4 is 5.91 Å². The molecule has 1 unspecified atom stereocenters. The molecule has 5 heteroatoms. The Morgan fingerprint density at radius 1 is 1.17 bits per heavy atom. The van der Waals surface area contributed by atoms with E-state index in [2.05, 4.69) is 28.5 Å². The topological polar surface area (TPSA) is 67.0 Å². The van der Waals surface area contributed by atoms with Crippen molar-refractivity contribution in [3.05, 3.63) is 35.5 Å². The molecule has 1 atom stereocenters. The summed E-state index contributed by atoms with van der Waals surface area (Å²) in [5, 5.41) is 10.7. The zero-order valence-electron chi connectivity index (χ0n) is 17.0. The summed E-state index contributed by atoms with van der Waals surface area (Å²) >= 11 is 0. The number of nitrogens with zero attached hydrogens (tertiary/aromatic N) is 1. The van der Waals surface area contributed by atoms with E-state index in [1.165, 1.54) is 44.1 Å². The van der Waals surface area contributed by atoms with Crippen molar-refractivity contribution in [1.29, 1.82) is 0 Å². The van der Waals surface area contributed by atoms with Gasteiger partial charge in [0.2, 0.25) is 0 Å². The number of benzene rings is 1. The fraction of sp³-hybridized carbons (Fsp3) is 0.583. The number of hydrogen-bond acceptors (Lipinski definition) is 3. The minimum atomic E-state index is -0.0310. The van der Waals surface area contributed by atoms with Crippen molar-refractivity contribution in [2.24, 2.45) is 23.2 Å². The van der Waals surface area contributed by atoms with E-state index in [-0.39, 0.29) is 11.9 Å². The second-order valence-corrected chi connectivity index (χ2v) is 10.1. The number of carbonyl (C=O) groups is 1. The van der Waals surface area contributed by atoms with Gasteiger partial charge in [-0.2, -0.15) is 5.10 Å². The minimum Gasteiger partial charge on any atom is -0.493 e. The maximum atomic E-state index is 13.0. The second-order valence-electron chi connectivity index (χ2n) is 10.1. The van der Waals surface area contributed by atoms with E-state index in [0.717, 1.165) is 47.8 Å². The number of fused-ring (bicyclic) bond motifs is 1. The van der Waals surface area contributed by atoms with Gasteiger partial charge in [-0.1, -0.05) is 0 Å². The number of amides is 1. The zero-order chi connectivity index (χ0) is 19.6. The van der Waals surface area contributed by atoms with Gasteiger partial charge in [-0.3, -0.25) is 9.89 Å². The molecule has 4 aliphatic carbocycles. The van der Waals surface area contributed by atoms with E-state index in [0.29, 0.717) is 11.1 Å². The molecule has 0 saturated heterocycles. The van der Waals surface area contributed by atoms with Crippen LogP contribution in [0.5, 0.6) is 5.75 Å². The third-order valence-electron chi connectivity index (χ3n) is 8.16. The number of carbonyl (C=O) groups excluding carboxylic acids is 1. The van der Waals surface area contributed by atoms with Crippen LogP contribution in [0.15, 0.2) is 24.3 Å². The molecule has 0 radical (unpaired) electrons. The maximum absolute atomic E-state index is 13.0. The predicted octanol–water partition coefficient (Wildman–Crippen LogP) is 4.35. The van der Waals surface area contributed by atoms with E-state index in [4.69, 9.17) is 4.74 Å². The van der Waals surface area contributed by atoms with Crippen LogP contribution < -0.4 is 10.1 Å². The molecular weight excluding hydrogens is 362 g/mol. The first kappa shape index (κ1) is 17.5. The molecule has 1 aromatic carbocycles. The lowest BCUT2D eigenvalue weighted by molar-refractivity contribution is -0.0688. The Bertz CT molecular complexity index is 928. The highest BCUT2D eigenvalue weighted by Crippen LogP contribution is 2.61. The Morgan fingerprint density at radius 2 is 1.90 bits per heavy atom. The third kappa shape index (κ3) is 2.89. The van der Waals surface area contributed by atoms with E-state index >= 15 is 0 Å². The van der Waals surface area contributed by atoms with Crippen LogP contribution in [0.2, 0.25) is 0 Å². The molecule has 1 aromatic heterocycles. The van der Waals surface area contributed by atoms with Gasteiger partial charge in [0.25, 0.3) is 5.91 Å². The fourth-order valence-electron chi connectivity index (χ4n) is 7.07. The van der Waals surface area contributed by atoms with Crippen LogP contribution in [0.25, 0.3) is 11.3 Å². The van der Waals surface area contributed by atoms with Gasteiger partial charge in [0.05, 0.1) is 12.3 Å². The number of rotatable bonds is 4. The van der Waals surface area contributed by atoms with Crippen molar-refractivity contribution in [3.63, 3.8) is 0 Å². The summed E-state index contributed by atoms with van der Waals surface area (Å²) in [4.78, 5) is 13.0. The smallest absolute Gasteiger partial charge is 0.269 e. The van der Waals surface area contributed by atoms with E-state index < -0.39 is 0 Å². The maximum Gasteiger partial charge on any atom is 0.269 e. The quantitative estimate of drug-likeness (QED) is 0.814. The summed E-state index contributed by atoms with van der Waals surface area (Å²) in [6, 6.07) is 8.23. The second kappa shape index (κ2) is 6.35. The van der Waals surface area contributed by atoms with Crippen LogP contribution in [0.4, 0.5) is 0 Å². The highest BCUT2D eigenvalue weighted by atomic mass is 16.5. The molecule has 7 rings (SSSR count). The molecular formula is C24H29N3O2. The lowest BCUT2D eigenvalue weighted by atomic mass is 9.48. The molecule has 4 fully saturated rings. The van der Waals surface area contributed by atoms with Crippen molar-refractivity contribution in [2.75, 3.05) is 6.61 Å².